The Morgan fingerprint density at radius 2 is 2.21 bits per heavy atom. The van der Waals surface area contributed by atoms with Gasteiger partial charge in [-0.2, -0.15) is 11.8 Å². The fourth-order valence-corrected chi connectivity index (χ4v) is 1.64. The molecule has 0 aromatic heterocycles. The van der Waals surface area contributed by atoms with Crippen molar-refractivity contribution in [1.82, 2.24) is 0 Å². The Morgan fingerprint density at radius 1 is 1.50 bits per heavy atom. The summed E-state index contributed by atoms with van der Waals surface area (Å²) in [6.07, 6.45) is 1.85. The summed E-state index contributed by atoms with van der Waals surface area (Å²) in [4.78, 5) is 0. The van der Waals surface area contributed by atoms with E-state index in [2.05, 4.69) is 13.8 Å². The maximum atomic E-state index is 9.51. The molecule has 0 aromatic rings. The van der Waals surface area contributed by atoms with Crippen molar-refractivity contribution >= 4 is 11.8 Å². The number of aliphatic hydroxyl groups is 1. The van der Waals surface area contributed by atoms with E-state index >= 15 is 0 Å². The van der Waals surface area contributed by atoms with Crippen molar-refractivity contribution in [2.24, 2.45) is 5.73 Å². The van der Waals surface area contributed by atoms with E-state index in [1.807, 2.05) is 0 Å². The van der Waals surface area contributed by atoms with Gasteiger partial charge in [0.15, 0.2) is 0 Å². The third-order valence-electron chi connectivity index (χ3n) is 1.86. The molecule has 14 heavy (non-hydrogen) atoms. The van der Waals surface area contributed by atoms with Crippen LogP contribution in [-0.2, 0) is 4.74 Å². The van der Waals surface area contributed by atoms with E-state index in [9.17, 15) is 5.11 Å². The van der Waals surface area contributed by atoms with Crippen LogP contribution >= 0.6 is 11.8 Å². The van der Waals surface area contributed by atoms with Crippen molar-refractivity contribution in [2.45, 2.75) is 38.0 Å². The highest BCUT2D eigenvalue weighted by Crippen LogP contribution is 2.10. The first-order chi connectivity index (χ1) is 6.70. The second-order valence-electron chi connectivity index (χ2n) is 3.46. The summed E-state index contributed by atoms with van der Waals surface area (Å²) in [6.45, 7) is 6.05. The molecule has 0 saturated carbocycles. The van der Waals surface area contributed by atoms with Gasteiger partial charge in [-0.3, -0.25) is 0 Å². The monoisotopic (exact) mass is 221 g/mol. The third-order valence-corrected chi connectivity index (χ3v) is 3.20. The highest BCUT2D eigenvalue weighted by molar-refractivity contribution is 7.99. The van der Waals surface area contributed by atoms with Gasteiger partial charge in [0, 0.05) is 24.2 Å². The largest absolute Gasteiger partial charge is 0.390 e. The first-order valence-electron chi connectivity index (χ1n) is 5.28. The van der Waals surface area contributed by atoms with Gasteiger partial charge in [0.1, 0.15) is 0 Å². The van der Waals surface area contributed by atoms with Crippen LogP contribution in [0.15, 0.2) is 0 Å². The third kappa shape index (κ3) is 8.81. The maximum absolute atomic E-state index is 9.51. The molecule has 3 N–H and O–H groups in total. The standard InChI is InChI=1S/C10H23NO2S/c1-3-4-5-13-7-10(12)8-14-9(2)6-11/h9-10,12H,3-8,11H2,1-2H3. The van der Waals surface area contributed by atoms with E-state index in [1.54, 1.807) is 11.8 Å². The van der Waals surface area contributed by atoms with Gasteiger partial charge in [0.05, 0.1) is 12.7 Å². The second-order valence-corrected chi connectivity index (χ2v) is 4.93. The Bertz CT molecular complexity index is 125. The van der Waals surface area contributed by atoms with Crippen LogP contribution in [0.4, 0.5) is 0 Å². The van der Waals surface area contributed by atoms with Crippen molar-refractivity contribution < 1.29 is 9.84 Å². The highest BCUT2D eigenvalue weighted by Gasteiger charge is 2.07. The van der Waals surface area contributed by atoms with E-state index < -0.39 is 0 Å². The predicted octanol–water partition coefficient (Wildman–Crippen LogP) is 1.24. The number of rotatable bonds is 9. The van der Waals surface area contributed by atoms with E-state index in [0.717, 1.165) is 19.4 Å². The Balaban J connectivity index is 3.23. The molecule has 0 aliphatic heterocycles. The minimum atomic E-state index is -0.356. The summed E-state index contributed by atoms with van der Waals surface area (Å²) in [6, 6.07) is 0. The number of ether oxygens (including phenoxy) is 1. The fourth-order valence-electron chi connectivity index (χ4n) is 0.857. The summed E-state index contributed by atoms with van der Waals surface area (Å²) in [5, 5.41) is 9.92. The molecule has 2 atom stereocenters. The van der Waals surface area contributed by atoms with Crippen molar-refractivity contribution in [3.8, 4) is 0 Å². The van der Waals surface area contributed by atoms with Crippen molar-refractivity contribution in [2.75, 3.05) is 25.5 Å². The number of hydrogen-bond acceptors (Lipinski definition) is 4. The summed E-state index contributed by atoms with van der Waals surface area (Å²) in [5.74, 6) is 0.713. The molecular formula is C10H23NO2S. The molecule has 0 bridgehead atoms. The highest BCUT2D eigenvalue weighted by atomic mass is 32.2. The topological polar surface area (TPSA) is 55.5 Å². The summed E-state index contributed by atoms with van der Waals surface area (Å²) >= 11 is 1.69. The van der Waals surface area contributed by atoms with Crippen molar-refractivity contribution in [1.29, 1.82) is 0 Å². The molecule has 3 nitrogen and oxygen atoms in total. The second kappa shape index (κ2) is 9.77. The lowest BCUT2D eigenvalue weighted by atomic mass is 10.3. The van der Waals surface area contributed by atoms with Crippen LogP contribution in [0.3, 0.4) is 0 Å². The molecule has 0 heterocycles. The van der Waals surface area contributed by atoms with Gasteiger partial charge in [-0.1, -0.05) is 20.3 Å². The maximum Gasteiger partial charge on any atom is 0.0863 e. The Labute approximate surface area is 91.4 Å². The zero-order valence-electron chi connectivity index (χ0n) is 9.24. The minimum absolute atomic E-state index is 0.356. The number of aliphatic hydroxyl groups excluding tert-OH is 1. The molecule has 0 aromatic carbocycles. The molecule has 0 spiro atoms. The molecule has 0 fully saturated rings. The molecule has 4 heteroatoms. The summed E-state index contributed by atoms with van der Waals surface area (Å²) in [7, 11) is 0. The number of unbranched alkanes of at least 4 members (excludes halogenated alkanes) is 1. The Kier molecular flexibility index (Phi) is 9.93. The van der Waals surface area contributed by atoms with E-state index in [4.69, 9.17) is 10.5 Å². The van der Waals surface area contributed by atoms with Crippen molar-refractivity contribution in [3.63, 3.8) is 0 Å². The molecule has 0 amide bonds. The molecule has 0 aliphatic carbocycles. The van der Waals surface area contributed by atoms with Gasteiger partial charge in [-0.05, 0) is 6.42 Å². The Morgan fingerprint density at radius 3 is 2.79 bits per heavy atom. The lowest BCUT2D eigenvalue weighted by Gasteiger charge is -2.13. The quantitative estimate of drug-likeness (QED) is 0.575. The number of thioether (sulfide) groups is 1. The average Bonchev–Trinajstić information content (AvgIpc) is 2.21. The molecule has 86 valence electrons. The normalized spacial score (nSPS) is 15.4. The van der Waals surface area contributed by atoms with Crippen LogP contribution in [-0.4, -0.2) is 42.0 Å². The average molecular weight is 221 g/mol. The first kappa shape index (κ1) is 14.2. The predicted molar refractivity (Wildman–Crippen MR) is 62.7 cm³/mol. The Hall–Kier alpha value is 0.230. The molecule has 0 rings (SSSR count). The number of nitrogens with two attached hydrogens (primary N) is 1. The van der Waals surface area contributed by atoms with Gasteiger partial charge in [0.2, 0.25) is 0 Å². The van der Waals surface area contributed by atoms with Gasteiger partial charge in [-0.15, -0.1) is 0 Å². The zero-order valence-corrected chi connectivity index (χ0v) is 10.1. The fraction of sp³-hybridized carbons (Fsp3) is 1.00. The summed E-state index contributed by atoms with van der Waals surface area (Å²) in [5.41, 5.74) is 5.46. The van der Waals surface area contributed by atoms with Gasteiger partial charge >= 0.3 is 0 Å². The molecule has 2 unspecified atom stereocenters. The molecule has 0 aliphatic rings. The van der Waals surface area contributed by atoms with Crippen LogP contribution in [0.2, 0.25) is 0 Å². The summed E-state index contributed by atoms with van der Waals surface area (Å²) < 4.78 is 5.31. The van der Waals surface area contributed by atoms with Gasteiger partial charge in [-0.25, -0.2) is 0 Å². The lowest BCUT2D eigenvalue weighted by molar-refractivity contribution is 0.0473. The van der Waals surface area contributed by atoms with Crippen molar-refractivity contribution in [3.05, 3.63) is 0 Å². The van der Waals surface area contributed by atoms with Crippen LogP contribution in [0, 0.1) is 0 Å². The van der Waals surface area contributed by atoms with Crippen LogP contribution < -0.4 is 5.73 Å². The van der Waals surface area contributed by atoms with Crippen LogP contribution in [0.5, 0.6) is 0 Å². The minimum Gasteiger partial charge on any atom is -0.390 e. The van der Waals surface area contributed by atoms with E-state index in [0.29, 0.717) is 24.2 Å². The first-order valence-corrected chi connectivity index (χ1v) is 6.33. The van der Waals surface area contributed by atoms with Gasteiger partial charge < -0.3 is 15.6 Å². The van der Waals surface area contributed by atoms with E-state index in [1.165, 1.54) is 0 Å². The van der Waals surface area contributed by atoms with Gasteiger partial charge in [0.25, 0.3) is 0 Å². The molecule has 0 radical (unpaired) electrons. The SMILES string of the molecule is CCCCOCC(O)CSC(C)CN. The zero-order chi connectivity index (χ0) is 10.8. The number of hydrogen-bond donors (Lipinski definition) is 2. The molecule has 0 saturated heterocycles. The van der Waals surface area contributed by atoms with Crippen LogP contribution in [0.25, 0.3) is 0 Å². The molecular weight excluding hydrogens is 198 g/mol. The lowest BCUT2D eigenvalue weighted by Crippen LogP contribution is -2.22. The van der Waals surface area contributed by atoms with Crippen LogP contribution in [0.1, 0.15) is 26.7 Å². The smallest absolute Gasteiger partial charge is 0.0863 e. The van der Waals surface area contributed by atoms with E-state index in [-0.39, 0.29) is 6.10 Å².